The van der Waals surface area contributed by atoms with Gasteiger partial charge >= 0.3 is 0 Å². The molecule has 1 aromatic heterocycles. The molecule has 0 atom stereocenters. The minimum absolute atomic E-state index is 0. The molecule has 2 aromatic carbocycles. The van der Waals surface area contributed by atoms with Gasteiger partial charge in [0.2, 0.25) is 0 Å². The number of benzene rings is 2. The zero-order valence-electron chi connectivity index (χ0n) is 17.8. The van der Waals surface area contributed by atoms with Gasteiger partial charge in [0.1, 0.15) is 12.1 Å². The number of H-pyrrole nitrogens is 1. The molecule has 3 rings (SSSR count). The summed E-state index contributed by atoms with van der Waals surface area (Å²) in [5.74, 6) is 2.39. The van der Waals surface area contributed by atoms with E-state index < -0.39 is 0 Å². The van der Waals surface area contributed by atoms with Gasteiger partial charge in [0, 0.05) is 31.3 Å². The van der Waals surface area contributed by atoms with Crippen LogP contribution in [-0.2, 0) is 13.1 Å². The van der Waals surface area contributed by atoms with Crippen LogP contribution < -0.4 is 15.4 Å². The number of aromatic nitrogens is 3. The van der Waals surface area contributed by atoms with Crippen molar-refractivity contribution in [3.63, 3.8) is 0 Å². The van der Waals surface area contributed by atoms with Crippen LogP contribution in [0.1, 0.15) is 30.5 Å². The van der Waals surface area contributed by atoms with E-state index in [-0.39, 0.29) is 30.1 Å². The second-order valence-corrected chi connectivity index (χ2v) is 7.09. The third-order valence-corrected chi connectivity index (χ3v) is 4.33. The lowest BCUT2D eigenvalue weighted by Gasteiger charge is -2.17. The van der Waals surface area contributed by atoms with Gasteiger partial charge < -0.3 is 15.4 Å². The van der Waals surface area contributed by atoms with Gasteiger partial charge in [0.05, 0.1) is 6.10 Å². The average Bonchev–Trinajstić information content (AvgIpc) is 3.24. The Bertz CT molecular complexity index is 956. The average molecular weight is 520 g/mol. The topological polar surface area (TPSA) is 87.2 Å². The summed E-state index contributed by atoms with van der Waals surface area (Å²) in [4.78, 5) is 8.53. The summed E-state index contributed by atoms with van der Waals surface area (Å²) in [6.45, 7) is 7.41. The smallest absolute Gasteiger partial charge is 0.191 e. The Balaban J connectivity index is 0.00000320. The first-order valence-corrected chi connectivity index (χ1v) is 9.70. The summed E-state index contributed by atoms with van der Waals surface area (Å²) < 4.78 is 5.96. The molecule has 0 saturated heterocycles. The lowest BCUT2D eigenvalue weighted by atomic mass is 10.1. The number of ether oxygens (including phenoxy) is 1. The third-order valence-electron chi connectivity index (χ3n) is 4.33. The van der Waals surface area contributed by atoms with E-state index in [1.165, 1.54) is 11.9 Å². The number of aromatic amines is 1. The minimum Gasteiger partial charge on any atom is -0.491 e. The lowest BCUT2D eigenvalue weighted by molar-refractivity contribution is 0.239. The van der Waals surface area contributed by atoms with Crippen molar-refractivity contribution in [2.24, 2.45) is 4.99 Å². The third kappa shape index (κ3) is 6.72. The van der Waals surface area contributed by atoms with E-state index in [4.69, 9.17) is 4.74 Å². The fraction of sp³-hybridized carbons (Fsp3) is 0.318. The molecular weight excluding hydrogens is 491 g/mol. The standard InChI is InChI=1S/C22H28N6O.HI/c1-15(2)29-20-10-16(3)8-9-19(20)13-25-22(23-4)24-12-17-6-5-7-18(11-17)21-26-14-27-28-21;/h5-11,14-15H,12-13H2,1-4H3,(H2,23,24,25)(H,26,27,28);1H. The van der Waals surface area contributed by atoms with E-state index in [2.05, 4.69) is 68.1 Å². The van der Waals surface area contributed by atoms with Crippen molar-refractivity contribution in [3.05, 3.63) is 65.5 Å². The fourth-order valence-corrected chi connectivity index (χ4v) is 2.93. The Morgan fingerprint density at radius 2 is 1.93 bits per heavy atom. The molecule has 7 nitrogen and oxygen atoms in total. The Kier molecular flexibility index (Phi) is 9.10. The van der Waals surface area contributed by atoms with Crippen molar-refractivity contribution in [2.45, 2.75) is 40.0 Å². The molecule has 1 heterocycles. The van der Waals surface area contributed by atoms with Crippen molar-refractivity contribution in [1.82, 2.24) is 25.8 Å². The molecule has 3 aromatic rings. The molecule has 8 heteroatoms. The number of hydrogen-bond acceptors (Lipinski definition) is 4. The molecule has 0 aliphatic rings. The molecule has 3 N–H and O–H groups in total. The van der Waals surface area contributed by atoms with Gasteiger partial charge in [-0.3, -0.25) is 10.1 Å². The Hall–Kier alpha value is -2.62. The lowest BCUT2D eigenvalue weighted by Crippen LogP contribution is -2.36. The van der Waals surface area contributed by atoms with Crippen molar-refractivity contribution < 1.29 is 4.74 Å². The predicted octanol–water partition coefficient (Wildman–Crippen LogP) is 4.05. The van der Waals surface area contributed by atoms with Crippen LogP contribution in [0.15, 0.2) is 53.8 Å². The van der Waals surface area contributed by atoms with Crippen LogP contribution in [0.2, 0.25) is 0 Å². The van der Waals surface area contributed by atoms with Gasteiger partial charge in [0.15, 0.2) is 11.8 Å². The Morgan fingerprint density at radius 1 is 1.13 bits per heavy atom. The van der Waals surface area contributed by atoms with E-state index in [9.17, 15) is 0 Å². The van der Waals surface area contributed by atoms with E-state index in [0.717, 1.165) is 34.2 Å². The van der Waals surface area contributed by atoms with Crippen LogP contribution in [0, 0.1) is 6.92 Å². The molecule has 0 spiro atoms. The molecule has 0 bridgehead atoms. The zero-order chi connectivity index (χ0) is 20.6. The molecule has 0 radical (unpaired) electrons. The number of nitrogens with one attached hydrogen (secondary N) is 3. The van der Waals surface area contributed by atoms with Gasteiger partial charge in [-0.25, -0.2) is 4.98 Å². The summed E-state index contributed by atoms with van der Waals surface area (Å²) in [7, 11) is 1.76. The molecule has 0 amide bonds. The molecule has 0 saturated carbocycles. The molecule has 0 fully saturated rings. The van der Waals surface area contributed by atoms with Gasteiger partial charge in [-0.1, -0.05) is 30.3 Å². The quantitative estimate of drug-likeness (QED) is 0.249. The van der Waals surface area contributed by atoms with Gasteiger partial charge in [0.25, 0.3) is 0 Å². The van der Waals surface area contributed by atoms with Crippen molar-refractivity contribution in [3.8, 4) is 17.1 Å². The van der Waals surface area contributed by atoms with Crippen LogP contribution in [0.4, 0.5) is 0 Å². The highest BCUT2D eigenvalue weighted by atomic mass is 127. The van der Waals surface area contributed by atoms with E-state index in [1.807, 2.05) is 26.0 Å². The zero-order valence-corrected chi connectivity index (χ0v) is 20.1. The first-order valence-electron chi connectivity index (χ1n) is 9.70. The molecule has 0 unspecified atom stereocenters. The monoisotopic (exact) mass is 520 g/mol. The van der Waals surface area contributed by atoms with Crippen LogP contribution in [0.3, 0.4) is 0 Å². The van der Waals surface area contributed by atoms with E-state index in [1.54, 1.807) is 7.05 Å². The summed E-state index contributed by atoms with van der Waals surface area (Å²) in [6.07, 6.45) is 1.64. The molecule has 30 heavy (non-hydrogen) atoms. The van der Waals surface area contributed by atoms with Crippen LogP contribution in [0.25, 0.3) is 11.4 Å². The first-order chi connectivity index (χ1) is 14.0. The van der Waals surface area contributed by atoms with Crippen molar-refractivity contribution in [2.75, 3.05) is 7.05 Å². The Morgan fingerprint density at radius 3 is 2.63 bits per heavy atom. The normalized spacial score (nSPS) is 11.2. The Labute approximate surface area is 194 Å². The fourth-order valence-electron chi connectivity index (χ4n) is 2.93. The molecule has 160 valence electrons. The number of hydrogen-bond donors (Lipinski definition) is 3. The van der Waals surface area contributed by atoms with E-state index >= 15 is 0 Å². The number of guanidine groups is 1. The van der Waals surface area contributed by atoms with Crippen LogP contribution in [-0.4, -0.2) is 34.3 Å². The van der Waals surface area contributed by atoms with Crippen molar-refractivity contribution in [1.29, 1.82) is 0 Å². The van der Waals surface area contributed by atoms with Crippen LogP contribution in [0.5, 0.6) is 5.75 Å². The molecule has 0 aliphatic heterocycles. The maximum Gasteiger partial charge on any atom is 0.191 e. The molecule has 0 aliphatic carbocycles. The van der Waals surface area contributed by atoms with E-state index in [0.29, 0.717) is 13.1 Å². The number of rotatable bonds is 7. The van der Waals surface area contributed by atoms with Gasteiger partial charge in [-0.2, -0.15) is 5.10 Å². The van der Waals surface area contributed by atoms with Crippen LogP contribution >= 0.6 is 24.0 Å². The second kappa shape index (κ2) is 11.5. The largest absolute Gasteiger partial charge is 0.491 e. The highest BCUT2D eigenvalue weighted by molar-refractivity contribution is 14.0. The molecular formula is C22H29IN6O. The second-order valence-electron chi connectivity index (χ2n) is 7.09. The first kappa shape index (κ1) is 23.7. The number of nitrogens with zero attached hydrogens (tertiary/aromatic N) is 3. The highest BCUT2D eigenvalue weighted by Gasteiger charge is 2.08. The van der Waals surface area contributed by atoms with Gasteiger partial charge in [-0.15, -0.1) is 24.0 Å². The van der Waals surface area contributed by atoms with Crippen molar-refractivity contribution >= 4 is 29.9 Å². The number of aryl methyl sites for hydroxylation is 1. The summed E-state index contributed by atoms with van der Waals surface area (Å²) in [5, 5.41) is 13.5. The number of aliphatic imine (C=N–C) groups is 1. The highest BCUT2D eigenvalue weighted by Crippen LogP contribution is 2.21. The summed E-state index contributed by atoms with van der Waals surface area (Å²) >= 11 is 0. The summed E-state index contributed by atoms with van der Waals surface area (Å²) in [6, 6.07) is 14.4. The van der Waals surface area contributed by atoms with Gasteiger partial charge in [-0.05, 0) is 44.0 Å². The number of halogens is 1. The SMILES string of the molecule is CN=C(NCc1cccc(-c2ncn[nH]2)c1)NCc1ccc(C)cc1OC(C)C.I. The minimum atomic E-state index is 0. The maximum atomic E-state index is 5.96. The maximum absolute atomic E-state index is 5.96. The predicted molar refractivity (Wildman–Crippen MR) is 131 cm³/mol. The summed E-state index contributed by atoms with van der Waals surface area (Å²) in [5.41, 5.74) is 4.40.